The number of hydrogen-bond donors (Lipinski definition) is 0. The number of benzene rings is 1. The van der Waals surface area contributed by atoms with Crippen LogP contribution in [-0.2, 0) is 6.42 Å². The molecule has 0 aromatic heterocycles. The standard InChI is InChI=1S/C15H15Cl2N/c16-13-4-2-11(14(17)6-13)8-15(9-18)7-10-1-3-12(15)5-10/h2,4,6,10,12H,1,3,5,7-8H2. The Bertz CT molecular complexity index is 520. The van der Waals surface area contributed by atoms with E-state index in [9.17, 15) is 5.26 Å². The molecule has 2 aliphatic carbocycles. The first-order valence-electron chi connectivity index (χ1n) is 6.48. The van der Waals surface area contributed by atoms with Gasteiger partial charge in [-0.05, 0) is 55.2 Å². The van der Waals surface area contributed by atoms with Crippen molar-refractivity contribution >= 4 is 23.2 Å². The zero-order chi connectivity index (χ0) is 12.8. The minimum absolute atomic E-state index is 0.180. The highest BCUT2D eigenvalue weighted by Crippen LogP contribution is 2.57. The Labute approximate surface area is 118 Å². The molecule has 0 amide bonds. The molecule has 1 nitrogen and oxygen atoms in total. The maximum atomic E-state index is 9.63. The minimum Gasteiger partial charge on any atom is -0.198 e. The average molecular weight is 280 g/mol. The van der Waals surface area contributed by atoms with Crippen LogP contribution in [0.2, 0.25) is 10.0 Å². The van der Waals surface area contributed by atoms with E-state index in [2.05, 4.69) is 6.07 Å². The van der Waals surface area contributed by atoms with Crippen molar-refractivity contribution in [3.63, 3.8) is 0 Å². The Balaban J connectivity index is 1.89. The van der Waals surface area contributed by atoms with Gasteiger partial charge in [-0.15, -0.1) is 0 Å². The molecule has 0 radical (unpaired) electrons. The maximum absolute atomic E-state index is 9.63. The molecule has 0 N–H and O–H groups in total. The third-order valence-electron chi connectivity index (χ3n) is 4.72. The van der Waals surface area contributed by atoms with Crippen LogP contribution < -0.4 is 0 Å². The molecule has 0 spiro atoms. The van der Waals surface area contributed by atoms with Gasteiger partial charge in [0.15, 0.2) is 0 Å². The molecule has 0 heterocycles. The van der Waals surface area contributed by atoms with E-state index in [1.807, 2.05) is 12.1 Å². The Morgan fingerprint density at radius 1 is 1.33 bits per heavy atom. The molecule has 2 saturated carbocycles. The number of fused-ring (bicyclic) bond motifs is 2. The van der Waals surface area contributed by atoms with Crippen LogP contribution in [0.1, 0.15) is 31.2 Å². The maximum Gasteiger partial charge on any atom is 0.0696 e. The predicted octanol–water partition coefficient (Wildman–Crippen LogP) is 4.87. The number of nitriles is 1. The fourth-order valence-corrected chi connectivity index (χ4v) is 4.32. The minimum atomic E-state index is -0.180. The molecule has 3 heteroatoms. The highest BCUT2D eigenvalue weighted by atomic mass is 35.5. The van der Waals surface area contributed by atoms with Crippen molar-refractivity contribution in [3.8, 4) is 6.07 Å². The Kier molecular flexibility index (Phi) is 3.04. The number of rotatable bonds is 2. The van der Waals surface area contributed by atoms with Crippen molar-refractivity contribution in [2.45, 2.75) is 32.1 Å². The number of hydrogen-bond acceptors (Lipinski definition) is 1. The second-order valence-electron chi connectivity index (χ2n) is 5.76. The zero-order valence-corrected chi connectivity index (χ0v) is 11.6. The van der Waals surface area contributed by atoms with Crippen LogP contribution >= 0.6 is 23.2 Å². The zero-order valence-electron chi connectivity index (χ0n) is 10.1. The van der Waals surface area contributed by atoms with Crippen LogP contribution in [0.15, 0.2) is 18.2 Å². The van der Waals surface area contributed by atoms with Gasteiger partial charge in [-0.25, -0.2) is 0 Å². The topological polar surface area (TPSA) is 23.8 Å². The molecule has 2 aliphatic rings. The second-order valence-corrected chi connectivity index (χ2v) is 6.60. The molecule has 0 saturated heterocycles. The van der Waals surface area contributed by atoms with E-state index in [-0.39, 0.29) is 5.41 Å². The van der Waals surface area contributed by atoms with Crippen molar-refractivity contribution in [2.24, 2.45) is 17.3 Å². The quantitative estimate of drug-likeness (QED) is 0.758. The van der Waals surface area contributed by atoms with E-state index >= 15 is 0 Å². The van der Waals surface area contributed by atoms with Crippen LogP contribution in [-0.4, -0.2) is 0 Å². The molecular formula is C15H15Cl2N. The summed E-state index contributed by atoms with van der Waals surface area (Å²) in [5.41, 5.74) is 0.885. The highest BCUT2D eigenvalue weighted by molar-refractivity contribution is 6.35. The predicted molar refractivity (Wildman–Crippen MR) is 73.7 cm³/mol. The Morgan fingerprint density at radius 3 is 2.72 bits per heavy atom. The van der Waals surface area contributed by atoms with Crippen LogP contribution in [0.4, 0.5) is 0 Å². The lowest BCUT2D eigenvalue weighted by Gasteiger charge is -2.31. The normalized spacial score (nSPS) is 33.6. The van der Waals surface area contributed by atoms with Crippen molar-refractivity contribution in [3.05, 3.63) is 33.8 Å². The smallest absolute Gasteiger partial charge is 0.0696 e. The van der Waals surface area contributed by atoms with E-state index in [0.29, 0.717) is 16.0 Å². The first-order chi connectivity index (χ1) is 8.63. The average Bonchev–Trinajstić information content (AvgIpc) is 2.93. The highest BCUT2D eigenvalue weighted by Gasteiger charge is 2.51. The summed E-state index contributed by atoms with van der Waals surface area (Å²) < 4.78 is 0. The lowest BCUT2D eigenvalue weighted by Crippen LogP contribution is -2.28. The van der Waals surface area contributed by atoms with E-state index in [0.717, 1.165) is 24.3 Å². The summed E-state index contributed by atoms with van der Waals surface area (Å²) >= 11 is 12.2. The van der Waals surface area contributed by atoms with Gasteiger partial charge in [0.05, 0.1) is 11.5 Å². The molecule has 3 rings (SSSR count). The molecule has 94 valence electrons. The number of nitrogens with zero attached hydrogens (tertiary/aromatic N) is 1. The van der Waals surface area contributed by atoms with Crippen LogP contribution in [0.3, 0.4) is 0 Å². The van der Waals surface area contributed by atoms with Gasteiger partial charge >= 0.3 is 0 Å². The fourth-order valence-electron chi connectivity index (χ4n) is 3.84. The van der Waals surface area contributed by atoms with E-state index < -0.39 is 0 Å². The summed E-state index contributed by atoms with van der Waals surface area (Å²) in [5, 5.41) is 11.0. The van der Waals surface area contributed by atoms with E-state index in [1.165, 1.54) is 19.3 Å². The first kappa shape index (κ1) is 12.3. The van der Waals surface area contributed by atoms with Crippen LogP contribution in [0, 0.1) is 28.6 Å². The van der Waals surface area contributed by atoms with Crippen LogP contribution in [0.25, 0.3) is 0 Å². The SMILES string of the molecule is N#CC1(Cc2ccc(Cl)cc2Cl)CC2CCC1C2. The summed E-state index contributed by atoms with van der Waals surface area (Å²) in [6.07, 6.45) is 5.58. The summed E-state index contributed by atoms with van der Waals surface area (Å²) in [5.74, 6) is 1.33. The summed E-state index contributed by atoms with van der Waals surface area (Å²) in [4.78, 5) is 0. The Hall–Kier alpha value is -0.710. The van der Waals surface area contributed by atoms with E-state index in [4.69, 9.17) is 23.2 Å². The third-order valence-corrected chi connectivity index (χ3v) is 5.31. The largest absolute Gasteiger partial charge is 0.198 e. The van der Waals surface area contributed by atoms with Gasteiger partial charge in [-0.1, -0.05) is 35.7 Å². The summed E-state index contributed by atoms with van der Waals surface area (Å²) in [7, 11) is 0. The van der Waals surface area contributed by atoms with Gasteiger partial charge in [0.1, 0.15) is 0 Å². The van der Waals surface area contributed by atoms with Crippen molar-refractivity contribution in [1.29, 1.82) is 5.26 Å². The van der Waals surface area contributed by atoms with Crippen LogP contribution in [0.5, 0.6) is 0 Å². The van der Waals surface area contributed by atoms with Crippen molar-refractivity contribution in [1.82, 2.24) is 0 Å². The molecule has 18 heavy (non-hydrogen) atoms. The lowest BCUT2D eigenvalue weighted by atomic mass is 9.70. The summed E-state index contributed by atoms with van der Waals surface area (Å²) in [6.45, 7) is 0. The van der Waals surface area contributed by atoms with Gasteiger partial charge in [0.25, 0.3) is 0 Å². The number of halogens is 2. The molecule has 1 aromatic rings. The fraction of sp³-hybridized carbons (Fsp3) is 0.533. The van der Waals surface area contributed by atoms with Gasteiger partial charge in [0, 0.05) is 10.0 Å². The van der Waals surface area contributed by atoms with Gasteiger partial charge in [0.2, 0.25) is 0 Å². The molecule has 1 aromatic carbocycles. The Morgan fingerprint density at radius 2 is 2.17 bits per heavy atom. The molecule has 3 atom stereocenters. The molecule has 2 bridgehead atoms. The van der Waals surface area contributed by atoms with E-state index in [1.54, 1.807) is 6.07 Å². The lowest BCUT2D eigenvalue weighted by molar-refractivity contribution is 0.239. The monoisotopic (exact) mass is 279 g/mol. The second kappa shape index (κ2) is 4.44. The first-order valence-corrected chi connectivity index (χ1v) is 7.24. The van der Waals surface area contributed by atoms with Crippen molar-refractivity contribution in [2.75, 3.05) is 0 Å². The summed E-state index contributed by atoms with van der Waals surface area (Å²) in [6, 6.07) is 8.21. The molecule has 3 unspecified atom stereocenters. The molecular weight excluding hydrogens is 265 g/mol. The molecule has 0 aliphatic heterocycles. The molecule has 2 fully saturated rings. The van der Waals surface area contributed by atoms with Gasteiger partial charge in [-0.3, -0.25) is 0 Å². The van der Waals surface area contributed by atoms with Crippen molar-refractivity contribution < 1.29 is 0 Å². The van der Waals surface area contributed by atoms with Gasteiger partial charge in [-0.2, -0.15) is 5.26 Å². The van der Waals surface area contributed by atoms with Gasteiger partial charge < -0.3 is 0 Å². The third kappa shape index (κ3) is 1.92.